The van der Waals surface area contributed by atoms with Crippen LogP contribution in [0.1, 0.15) is 36.1 Å². The van der Waals surface area contributed by atoms with Gasteiger partial charge in [0.1, 0.15) is 11.2 Å². The Morgan fingerprint density at radius 3 is 2.12 bits per heavy atom. The van der Waals surface area contributed by atoms with E-state index in [1.807, 2.05) is 6.08 Å². The maximum absolute atomic E-state index is 7.17. The summed E-state index contributed by atoms with van der Waals surface area (Å²) in [4.78, 5) is 2.41. The smallest absolute Gasteiger partial charge is 0.144 e. The summed E-state index contributed by atoms with van der Waals surface area (Å²) in [5, 5.41) is 4.68. The summed E-state index contributed by atoms with van der Waals surface area (Å²) < 4.78 is 7.17. The minimum absolute atomic E-state index is 0.260. The highest BCUT2D eigenvalue weighted by Crippen LogP contribution is 2.59. The van der Waals surface area contributed by atoms with Gasteiger partial charge in [0.05, 0.1) is 5.69 Å². The molecule has 7 aromatic carbocycles. The number of hydrogen-bond acceptors (Lipinski definition) is 2. The third-order valence-corrected chi connectivity index (χ3v) is 10.4. The molecule has 1 heterocycles. The highest BCUT2D eigenvalue weighted by molar-refractivity contribution is 6.19. The van der Waals surface area contributed by atoms with Crippen LogP contribution >= 0.6 is 0 Å². The summed E-state index contributed by atoms with van der Waals surface area (Å²) in [6.45, 7) is 11.3. The Morgan fingerprint density at radius 2 is 1.35 bits per heavy atom. The number of benzene rings is 7. The lowest BCUT2D eigenvalue weighted by molar-refractivity contribution is 0.649. The van der Waals surface area contributed by atoms with Crippen LogP contribution in [-0.4, -0.2) is 0 Å². The van der Waals surface area contributed by atoms with Gasteiger partial charge in [-0.05, 0) is 75.8 Å². The summed E-state index contributed by atoms with van der Waals surface area (Å²) in [6, 6.07) is 49.9. The Hall–Kier alpha value is -5.86. The lowest BCUT2D eigenvalue weighted by Crippen LogP contribution is -2.17. The molecule has 1 aliphatic rings. The molecule has 0 spiro atoms. The van der Waals surface area contributed by atoms with E-state index in [9.17, 15) is 0 Å². The van der Waals surface area contributed by atoms with Crippen molar-refractivity contribution in [2.45, 2.75) is 26.2 Å². The average molecular weight is 618 g/mol. The number of fused-ring (bicyclic) bond motifs is 8. The number of nitrogens with zero attached hydrogens (tertiary/aromatic N) is 1. The Balaban J connectivity index is 1.41. The molecule has 0 unspecified atom stereocenters. The van der Waals surface area contributed by atoms with E-state index in [0.29, 0.717) is 0 Å². The lowest BCUT2D eigenvalue weighted by Gasteiger charge is -2.29. The maximum atomic E-state index is 7.17. The Bertz CT molecular complexity index is 2550. The van der Waals surface area contributed by atoms with Gasteiger partial charge < -0.3 is 9.32 Å². The van der Waals surface area contributed by atoms with Crippen LogP contribution in [0.4, 0.5) is 17.1 Å². The van der Waals surface area contributed by atoms with Crippen molar-refractivity contribution in [1.82, 2.24) is 0 Å². The van der Waals surface area contributed by atoms with Crippen LogP contribution in [-0.2, 0) is 5.41 Å². The van der Waals surface area contributed by atoms with Crippen LogP contribution in [0, 0.1) is 6.92 Å². The van der Waals surface area contributed by atoms with Crippen LogP contribution in [0.15, 0.2) is 151 Å². The predicted molar refractivity (Wildman–Crippen MR) is 204 cm³/mol. The van der Waals surface area contributed by atoms with Gasteiger partial charge in [-0.3, -0.25) is 0 Å². The fourth-order valence-electron chi connectivity index (χ4n) is 8.27. The van der Waals surface area contributed by atoms with Gasteiger partial charge in [0.25, 0.3) is 0 Å². The summed E-state index contributed by atoms with van der Waals surface area (Å²) in [5.41, 5.74) is 14.6. The molecule has 9 rings (SSSR count). The molecule has 0 bridgehead atoms. The summed E-state index contributed by atoms with van der Waals surface area (Å²) in [7, 11) is 0. The monoisotopic (exact) mass is 617 g/mol. The van der Waals surface area contributed by atoms with E-state index < -0.39 is 0 Å². The SMILES string of the molecule is C=Cc1c(C)c2c(c3oc4c(-c5ccccc5)cccc4c13)-c1c(N(c3ccccc3)c3ccc4ccccc4c3)cccc1C2(C)C. The maximum Gasteiger partial charge on any atom is 0.144 e. The van der Waals surface area contributed by atoms with E-state index in [2.05, 4.69) is 172 Å². The molecule has 48 heavy (non-hydrogen) atoms. The number of furan rings is 1. The highest BCUT2D eigenvalue weighted by atomic mass is 16.3. The minimum Gasteiger partial charge on any atom is -0.455 e. The van der Waals surface area contributed by atoms with Crippen LogP contribution in [0.5, 0.6) is 0 Å². The second kappa shape index (κ2) is 10.6. The fraction of sp³-hybridized carbons (Fsp3) is 0.0870. The van der Waals surface area contributed by atoms with E-state index in [4.69, 9.17) is 4.42 Å². The minimum atomic E-state index is -0.260. The molecule has 0 saturated heterocycles. The first-order chi connectivity index (χ1) is 23.5. The molecule has 0 fully saturated rings. The van der Waals surface area contributed by atoms with Crippen LogP contribution in [0.25, 0.3) is 61.0 Å². The molecule has 2 nitrogen and oxygen atoms in total. The summed E-state index contributed by atoms with van der Waals surface area (Å²) in [5.74, 6) is 0. The van der Waals surface area contributed by atoms with E-state index in [1.54, 1.807) is 0 Å². The van der Waals surface area contributed by atoms with Gasteiger partial charge in [-0.1, -0.05) is 136 Å². The standard InChI is InChI=1S/C46H35NO/c1-5-35-29(2)43-42(45-40(35)37-23-14-22-36(44(37)48-45)31-17-8-6-9-18-31)41-38(46(43,3)4)24-15-25-39(41)47(33-20-10-7-11-21-33)34-27-26-30-16-12-13-19-32(30)28-34/h5-28H,1H2,2-4H3. The summed E-state index contributed by atoms with van der Waals surface area (Å²) in [6.07, 6.45) is 2.02. The zero-order valence-corrected chi connectivity index (χ0v) is 27.4. The Kier molecular flexibility index (Phi) is 6.26. The van der Waals surface area contributed by atoms with Crippen molar-refractivity contribution >= 4 is 55.8 Å². The van der Waals surface area contributed by atoms with Crippen LogP contribution in [0.2, 0.25) is 0 Å². The largest absolute Gasteiger partial charge is 0.455 e. The van der Waals surface area contributed by atoms with Crippen molar-refractivity contribution < 1.29 is 4.42 Å². The van der Waals surface area contributed by atoms with Crippen molar-refractivity contribution in [2.75, 3.05) is 4.90 Å². The van der Waals surface area contributed by atoms with Gasteiger partial charge >= 0.3 is 0 Å². The van der Waals surface area contributed by atoms with Crippen LogP contribution < -0.4 is 4.90 Å². The third-order valence-electron chi connectivity index (χ3n) is 10.4. The molecule has 8 aromatic rings. The molecule has 0 atom stereocenters. The molecular weight excluding hydrogens is 583 g/mol. The molecule has 230 valence electrons. The Labute approximate surface area is 281 Å². The number of rotatable bonds is 5. The van der Waals surface area contributed by atoms with Gasteiger partial charge in [0, 0.05) is 44.3 Å². The third kappa shape index (κ3) is 3.99. The molecule has 0 aliphatic heterocycles. The average Bonchev–Trinajstić information content (AvgIpc) is 3.62. The van der Waals surface area contributed by atoms with Crippen molar-refractivity contribution in [3.63, 3.8) is 0 Å². The molecule has 0 saturated carbocycles. The number of para-hydroxylation sites is 2. The van der Waals surface area contributed by atoms with E-state index >= 15 is 0 Å². The van der Waals surface area contributed by atoms with Crippen molar-refractivity contribution in [1.29, 1.82) is 0 Å². The zero-order valence-electron chi connectivity index (χ0n) is 27.4. The molecular formula is C46H35NO. The quantitative estimate of drug-likeness (QED) is 0.191. The van der Waals surface area contributed by atoms with Crippen molar-refractivity contribution in [3.8, 4) is 22.3 Å². The van der Waals surface area contributed by atoms with Gasteiger partial charge in [-0.2, -0.15) is 0 Å². The van der Waals surface area contributed by atoms with Crippen molar-refractivity contribution in [2.24, 2.45) is 0 Å². The first kappa shape index (κ1) is 28.4. The predicted octanol–water partition coefficient (Wildman–Crippen LogP) is 13.1. The number of anilines is 3. The lowest BCUT2D eigenvalue weighted by atomic mass is 9.78. The number of hydrogen-bond donors (Lipinski definition) is 0. The highest BCUT2D eigenvalue weighted by Gasteiger charge is 2.42. The Morgan fingerprint density at radius 1 is 0.646 bits per heavy atom. The first-order valence-electron chi connectivity index (χ1n) is 16.7. The van der Waals surface area contributed by atoms with E-state index in [-0.39, 0.29) is 5.41 Å². The molecule has 0 N–H and O–H groups in total. The van der Waals surface area contributed by atoms with Gasteiger partial charge in [-0.15, -0.1) is 0 Å². The normalized spacial score (nSPS) is 13.1. The second-order valence-electron chi connectivity index (χ2n) is 13.4. The molecule has 0 amide bonds. The summed E-state index contributed by atoms with van der Waals surface area (Å²) >= 11 is 0. The van der Waals surface area contributed by atoms with Gasteiger partial charge in [-0.25, -0.2) is 0 Å². The second-order valence-corrected chi connectivity index (χ2v) is 13.4. The molecule has 1 aromatic heterocycles. The van der Waals surface area contributed by atoms with E-state index in [1.165, 1.54) is 38.6 Å². The van der Waals surface area contributed by atoms with E-state index in [0.717, 1.165) is 55.7 Å². The van der Waals surface area contributed by atoms with Gasteiger partial charge in [0.2, 0.25) is 0 Å². The van der Waals surface area contributed by atoms with Crippen molar-refractivity contribution in [3.05, 3.63) is 168 Å². The molecule has 0 radical (unpaired) electrons. The fourth-order valence-corrected chi connectivity index (χ4v) is 8.27. The van der Waals surface area contributed by atoms with Gasteiger partial charge in [0.15, 0.2) is 0 Å². The molecule has 2 heteroatoms. The molecule has 1 aliphatic carbocycles. The first-order valence-corrected chi connectivity index (χ1v) is 16.7. The van der Waals surface area contributed by atoms with Crippen LogP contribution in [0.3, 0.4) is 0 Å². The zero-order chi connectivity index (χ0) is 32.6. The topological polar surface area (TPSA) is 16.4 Å².